The Hall–Kier alpha value is -8.24. The second-order valence-electron chi connectivity index (χ2n) is 20.9. The molecule has 0 heterocycles. The molecule has 78 heavy (non-hydrogen) atoms. The zero-order valence-corrected chi connectivity index (χ0v) is 45.2. The van der Waals surface area contributed by atoms with Gasteiger partial charge in [0, 0.05) is 11.1 Å². The molecule has 0 amide bonds. The molecule has 0 aliphatic heterocycles. The van der Waals surface area contributed by atoms with Gasteiger partial charge in [-0.2, -0.15) is 0 Å². The Kier molecular flexibility index (Phi) is 13.4. The van der Waals surface area contributed by atoms with Crippen LogP contribution in [0.4, 0.5) is 0 Å². The largest absolute Gasteiger partial charge is 0.493 e. The Morgan fingerprint density at radius 3 is 1.00 bits per heavy atom. The number of methoxy groups -OCH3 is 4. The van der Waals surface area contributed by atoms with E-state index in [0.29, 0.717) is 46.3 Å². The van der Waals surface area contributed by atoms with Crippen molar-refractivity contribution in [3.8, 4) is 22.6 Å². The average Bonchev–Trinajstić information content (AvgIpc) is 3.55. The molecule has 0 N–H and O–H groups in total. The van der Waals surface area contributed by atoms with Crippen LogP contribution < -0.4 is 9.47 Å². The molecular formula is C68H62O10. The van der Waals surface area contributed by atoms with Crippen LogP contribution in [0.5, 0.6) is 11.5 Å². The molecule has 10 nitrogen and oxygen atoms in total. The van der Waals surface area contributed by atoms with Crippen molar-refractivity contribution in [2.75, 3.05) is 41.7 Å². The zero-order valence-electron chi connectivity index (χ0n) is 45.2. The highest BCUT2D eigenvalue weighted by Crippen LogP contribution is 2.57. The van der Waals surface area contributed by atoms with Gasteiger partial charge in [-0.05, 0) is 133 Å². The third-order valence-electron chi connectivity index (χ3n) is 16.6. The highest BCUT2D eigenvalue weighted by Gasteiger charge is 2.34. The van der Waals surface area contributed by atoms with Crippen LogP contribution in [0, 0.1) is 0 Å². The van der Waals surface area contributed by atoms with Crippen LogP contribution >= 0.6 is 0 Å². The minimum atomic E-state index is -0.645. The summed E-state index contributed by atoms with van der Waals surface area (Å²) in [6.45, 7) is 5.40. The van der Waals surface area contributed by atoms with Gasteiger partial charge in [0.1, 0.15) is 11.5 Å². The van der Waals surface area contributed by atoms with Gasteiger partial charge < -0.3 is 28.4 Å². The van der Waals surface area contributed by atoms with Gasteiger partial charge >= 0.3 is 23.9 Å². The van der Waals surface area contributed by atoms with Crippen molar-refractivity contribution in [3.63, 3.8) is 0 Å². The van der Waals surface area contributed by atoms with Crippen molar-refractivity contribution in [2.24, 2.45) is 0 Å². The van der Waals surface area contributed by atoms with Crippen LogP contribution in [0.2, 0.25) is 0 Å². The first kappa shape index (κ1) is 50.6. The third-order valence-corrected chi connectivity index (χ3v) is 16.6. The Bertz CT molecular complexity index is 4040. The van der Waals surface area contributed by atoms with E-state index in [2.05, 4.69) is 74.5 Å². The molecule has 0 aliphatic carbocycles. The summed E-state index contributed by atoms with van der Waals surface area (Å²) < 4.78 is 36.4. The maximum atomic E-state index is 14.2. The zero-order chi connectivity index (χ0) is 53.9. The highest BCUT2D eigenvalue weighted by atomic mass is 16.5. The topological polar surface area (TPSA) is 124 Å². The van der Waals surface area contributed by atoms with E-state index in [4.69, 9.17) is 28.4 Å². The lowest BCUT2D eigenvalue weighted by atomic mass is 9.78. The van der Waals surface area contributed by atoms with E-state index in [1.54, 1.807) is 0 Å². The number of carbonyl (C=O) groups excluding carboxylic acids is 4. The Morgan fingerprint density at radius 1 is 0.321 bits per heavy atom. The monoisotopic (exact) mass is 1040 g/mol. The molecular weight excluding hydrogens is 977 g/mol. The van der Waals surface area contributed by atoms with E-state index in [9.17, 15) is 19.2 Å². The molecule has 10 heteroatoms. The van der Waals surface area contributed by atoms with E-state index < -0.39 is 23.9 Å². The van der Waals surface area contributed by atoms with Crippen molar-refractivity contribution in [2.45, 2.75) is 90.9 Å². The summed E-state index contributed by atoms with van der Waals surface area (Å²) in [4.78, 5) is 56.5. The lowest BCUT2D eigenvalue weighted by Crippen LogP contribution is -2.14. The van der Waals surface area contributed by atoms with E-state index >= 15 is 0 Å². The molecule has 0 aromatic heterocycles. The normalized spacial score (nSPS) is 12.1. The van der Waals surface area contributed by atoms with Crippen molar-refractivity contribution < 1.29 is 47.6 Å². The summed E-state index contributed by atoms with van der Waals surface area (Å²) >= 11 is 0. The SMILES string of the molecule is CCCCCCCCOc1cc2c3cccc4ccc5c(C(=O)OC)c(C(=O)OC)c6ccc(c1-c1c(OCCCCCCCC)cc7c8cccc9ccc%10c(C(=O)OC)c(C(=O)OC)c%11ccc1c7c%11c%10c98)c2c6c5c43. The summed E-state index contributed by atoms with van der Waals surface area (Å²) in [7, 11) is 5.33. The molecule has 0 unspecified atom stereocenters. The summed E-state index contributed by atoms with van der Waals surface area (Å²) in [5.41, 5.74) is 2.21. The molecule has 0 saturated carbocycles. The molecule has 12 aromatic carbocycles. The molecule has 12 rings (SSSR count). The minimum absolute atomic E-state index is 0.138. The number of rotatable bonds is 21. The first-order valence-electron chi connectivity index (χ1n) is 27.7. The van der Waals surface area contributed by atoms with Gasteiger partial charge in [0.2, 0.25) is 0 Å². The number of esters is 4. The van der Waals surface area contributed by atoms with Gasteiger partial charge in [-0.15, -0.1) is 0 Å². The van der Waals surface area contributed by atoms with Gasteiger partial charge in [-0.3, -0.25) is 0 Å². The van der Waals surface area contributed by atoms with Crippen molar-refractivity contribution >= 4 is 132 Å². The number of carbonyl (C=O) groups is 4. The number of hydrogen-bond acceptors (Lipinski definition) is 10. The summed E-state index contributed by atoms with van der Waals surface area (Å²) in [6.07, 6.45) is 13.1. The predicted molar refractivity (Wildman–Crippen MR) is 315 cm³/mol. The fourth-order valence-electron chi connectivity index (χ4n) is 13.2. The summed E-state index contributed by atoms with van der Waals surface area (Å²) in [5.74, 6) is -1.20. The van der Waals surface area contributed by atoms with Crippen LogP contribution in [-0.4, -0.2) is 65.5 Å². The van der Waals surface area contributed by atoms with Crippen molar-refractivity contribution in [1.82, 2.24) is 0 Å². The first-order valence-corrected chi connectivity index (χ1v) is 27.7. The maximum Gasteiger partial charge on any atom is 0.339 e. The standard InChI is InChI=1S/C68H62O10/c1-7-9-11-13-15-17-33-77-49-35-47-39-23-19-21-37-25-27-43-57(51(37)39)59-45(63(67(71)75-5)61(43)65(69)73-3)31-29-41(53(47)59)55(49)56-42-30-32-46-60-54(42)48(36-50(56)78-34-18-16-14-12-10-8-2)40-24-20-22-38-26-28-44(58(60)52(38)40)62(66(70)74-4)64(46)68(72)76-6/h19-32,35-36H,7-18,33-34H2,1-6H3. The fourth-order valence-corrected chi connectivity index (χ4v) is 13.2. The lowest BCUT2D eigenvalue weighted by molar-refractivity contribution is 0.0559. The number of ether oxygens (including phenoxy) is 6. The predicted octanol–water partition coefficient (Wildman–Crippen LogP) is 17.3. The smallest absolute Gasteiger partial charge is 0.339 e. The van der Waals surface area contributed by atoms with Crippen LogP contribution in [0.15, 0.2) is 97.1 Å². The van der Waals surface area contributed by atoms with Crippen LogP contribution in [-0.2, 0) is 18.9 Å². The summed E-state index contributed by atoms with van der Waals surface area (Å²) in [5, 5.41) is 16.9. The molecule has 394 valence electrons. The van der Waals surface area contributed by atoms with Crippen molar-refractivity contribution in [3.05, 3.63) is 119 Å². The molecule has 0 bridgehead atoms. The molecule has 0 saturated heterocycles. The fraction of sp³-hybridized carbons (Fsp3) is 0.294. The quantitative estimate of drug-likeness (QED) is 0.0226. The molecule has 0 spiro atoms. The van der Waals surface area contributed by atoms with E-state index in [1.165, 1.54) is 54.1 Å². The maximum absolute atomic E-state index is 14.2. The number of benzene rings is 12. The Labute approximate surface area is 451 Å². The van der Waals surface area contributed by atoms with E-state index in [1.807, 2.05) is 36.4 Å². The molecule has 0 radical (unpaired) electrons. The molecule has 0 aliphatic rings. The Balaban J connectivity index is 1.25. The average molecular weight is 1040 g/mol. The lowest BCUT2D eigenvalue weighted by Gasteiger charge is -2.26. The molecule has 0 atom stereocenters. The second kappa shape index (κ2) is 20.6. The second-order valence-corrected chi connectivity index (χ2v) is 20.9. The van der Waals surface area contributed by atoms with Gasteiger partial charge in [0.25, 0.3) is 0 Å². The van der Waals surface area contributed by atoms with Gasteiger partial charge in [0.15, 0.2) is 0 Å². The Morgan fingerprint density at radius 2 is 0.641 bits per heavy atom. The van der Waals surface area contributed by atoms with Crippen LogP contribution in [0.25, 0.3) is 119 Å². The molecule has 0 fully saturated rings. The van der Waals surface area contributed by atoms with E-state index in [-0.39, 0.29) is 22.3 Å². The number of hydrogen-bond donors (Lipinski definition) is 0. The number of unbranched alkanes of at least 4 members (excludes halogenated alkanes) is 10. The summed E-state index contributed by atoms with van der Waals surface area (Å²) in [6, 6.07) is 32.7. The minimum Gasteiger partial charge on any atom is -0.493 e. The number of fused-ring (bicyclic) bond motifs is 2. The van der Waals surface area contributed by atoms with Gasteiger partial charge in [-0.25, -0.2) is 19.2 Å². The van der Waals surface area contributed by atoms with E-state index in [0.717, 1.165) is 149 Å². The molecule has 12 aromatic rings. The third kappa shape index (κ3) is 7.72. The van der Waals surface area contributed by atoms with Gasteiger partial charge in [0.05, 0.1) is 63.9 Å². The van der Waals surface area contributed by atoms with Crippen molar-refractivity contribution in [1.29, 1.82) is 0 Å². The van der Waals surface area contributed by atoms with Crippen LogP contribution in [0.3, 0.4) is 0 Å². The van der Waals surface area contributed by atoms with Gasteiger partial charge in [-0.1, -0.05) is 163 Å². The highest BCUT2D eigenvalue weighted by molar-refractivity contribution is 6.46. The first-order chi connectivity index (χ1) is 38.2. The van der Waals surface area contributed by atoms with Crippen LogP contribution in [0.1, 0.15) is 132 Å².